The van der Waals surface area contributed by atoms with Gasteiger partial charge in [-0.25, -0.2) is 0 Å². The Kier molecular flexibility index (Phi) is 7.73. The molecule has 2 heteroatoms. The Labute approximate surface area is 83.7 Å². The molecule has 0 fully saturated rings. The number of hydrogen-bond acceptors (Lipinski definition) is 1. The van der Waals surface area contributed by atoms with E-state index in [-0.39, 0.29) is 0 Å². The van der Waals surface area contributed by atoms with Crippen LogP contribution in [-0.2, 0) is 6.16 Å². The fraction of sp³-hybridized carbons (Fsp3) is 0.455. The van der Waals surface area contributed by atoms with Gasteiger partial charge in [0.15, 0.2) is 0 Å². The van der Waals surface area contributed by atoms with E-state index in [1.54, 1.807) is 0 Å². The third-order valence-corrected chi connectivity index (χ3v) is 1.92. The highest BCUT2D eigenvalue weighted by Crippen LogP contribution is 2.14. The van der Waals surface area contributed by atoms with Crippen LogP contribution in [0.1, 0.15) is 26.3 Å². The molecule has 0 aliphatic heterocycles. The second-order valence-corrected chi connectivity index (χ2v) is 2.69. The number of hydrogen-bond donors (Lipinski definition) is 0. The summed E-state index contributed by atoms with van der Waals surface area (Å²) in [6.45, 7) is 6.73. The molecule has 0 radical (unpaired) electrons. The van der Waals surface area contributed by atoms with Gasteiger partial charge in [0.25, 0.3) is 0 Å². The van der Waals surface area contributed by atoms with Gasteiger partial charge in [-0.1, -0.05) is 26.0 Å². The van der Waals surface area contributed by atoms with Gasteiger partial charge in [0.05, 0.1) is 6.61 Å². The highest BCUT2D eigenvalue weighted by Gasteiger charge is 1.92. The van der Waals surface area contributed by atoms with E-state index in [9.17, 15) is 0 Å². The van der Waals surface area contributed by atoms with Gasteiger partial charge in [0.2, 0.25) is 0 Å². The Balaban J connectivity index is 0.000000671. The Morgan fingerprint density at radius 3 is 2.54 bits per heavy atom. The van der Waals surface area contributed by atoms with Gasteiger partial charge in [-0.15, -0.1) is 9.24 Å². The largest absolute Gasteiger partial charge is 0.494 e. The van der Waals surface area contributed by atoms with E-state index in [2.05, 4.69) is 21.4 Å². The summed E-state index contributed by atoms with van der Waals surface area (Å²) in [7, 11) is 2.70. The van der Waals surface area contributed by atoms with Gasteiger partial charge in [-0.2, -0.15) is 0 Å². The standard InChI is InChI=1S/C9H13OP.C2H6/c1-2-10-9-5-3-4-8(6-9)7-11;1-2/h3-6H,2,7,11H2,1H3;1-2H3. The van der Waals surface area contributed by atoms with E-state index in [4.69, 9.17) is 4.74 Å². The molecule has 0 amide bonds. The van der Waals surface area contributed by atoms with E-state index in [0.29, 0.717) is 0 Å². The van der Waals surface area contributed by atoms with Gasteiger partial charge in [-0.05, 0) is 30.8 Å². The van der Waals surface area contributed by atoms with Crippen LogP contribution >= 0.6 is 9.24 Å². The molecule has 13 heavy (non-hydrogen) atoms. The van der Waals surface area contributed by atoms with Crippen molar-refractivity contribution < 1.29 is 4.74 Å². The molecule has 1 aromatic rings. The molecule has 1 unspecified atom stereocenters. The minimum Gasteiger partial charge on any atom is -0.494 e. The van der Waals surface area contributed by atoms with Gasteiger partial charge < -0.3 is 4.74 Å². The topological polar surface area (TPSA) is 9.23 Å². The lowest BCUT2D eigenvalue weighted by molar-refractivity contribution is 0.340. The number of ether oxygens (including phenoxy) is 1. The molecule has 0 spiro atoms. The first-order valence-electron chi connectivity index (χ1n) is 4.78. The summed E-state index contributed by atoms with van der Waals surface area (Å²) < 4.78 is 5.34. The highest BCUT2D eigenvalue weighted by atomic mass is 31.0. The smallest absolute Gasteiger partial charge is 0.119 e. The van der Waals surface area contributed by atoms with Crippen molar-refractivity contribution in [1.82, 2.24) is 0 Å². The maximum atomic E-state index is 5.34. The lowest BCUT2D eigenvalue weighted by Gasteiger charge is -2.03. The second kappa shape index (κ2) is 8.07. The van der Waals surface area contributed by atoms with Crippen LogP contribution in [0.5, 0.6) is 5.75 Å². The molecule has 74 valence electrons. The maximum Gasteiger partial charge on any atom is 0.119 e. The molecular weight excluding hydrogens is 179 g/mol. The van der Waals surface area contributed by atoms with E-state index < -0.39 is 0 Å². The zero-order valence-corrected chi connectivity index (χ0v) is 9.86. The predicted molar refractivity (Wildman–Crippen MR) is 62.4 cm³/mol. The van der Waals surface area contributed by atoms with E-state index in [0.717, 1.165) is 18.5 Å². The molecule has 1 nitrogen and oxygen atoms in total. The fourth-order valence-electron chi connectivity index (χ4n) is 0.929. The quantitative estimate of drug-likeness (QED) is 0.675. The first kappa shape index (κ1) is 12.4. The molecule has 0 aliphatic rings. The molecule has 0 N–H and O–H groups in total. The summed E-state index contributed by atoms with van der Waals surface area (Å²) in [5.41, 5.74) is 1.29. The fourth-order valence-corrected chi connectivity index (χ4v) is 1.18. The third-order valence-electron chi connectivity index (χ3n) is 1.45. The lowest BCUT2D eigenvalue weighted by Crippen LogP contribution is -1.91. The molecule has 0 saturated heterocycles. The molecule has 0 heterocycles. The van der Waals surface area contributed by atoms with Crippen LogP contribution in [0.15, 0.2) is 24.3 Å². The van der Waals surface area contributed by atoms with Crippen molar-refractivity contribution in [1.29, 1.82) is 0 Å². The van der Waals surface area contributed by atoms with Crippen molar-refractivity contribution >= 4 is 9.24 Å². The third kappa shape index (κ3) is 4.90. The minimum absolute atomic E-state index is 0.736. The Hall–Kier alpha value is -0.550. The van der Waals surface area contributed by atoms with Crippen LogP contribution in [0.2, 0.25) is 0 Å². The van der Waals surface area contributed by atoms with Crippen LogP contribution in [-0.4, -0.2) is 6.61 Å². The van der Waals surface area contributed by atoms with Crippen LogP contribution < -0.4 is 4.74 Å². The van der Waals surface area contributed by atoms with Crippen LogP contribution in [0.4, 0.5) is 0 Å². The zero-order valence-electron chi connectivity index (χ0n) is 8.71. The summed E-state index contributed by atoms with van der Waals surface area (Å²) in [5.74, 6) is 0.965. The number of benzene rings is 1. The molecule has 1 aromatic carbocycles. The van der Waals surface area contributed by atoms with Crippen molar-refractivity contribution in [2.24, 2.45) is 0 Å². The first-order valence-corrected chi connectivity index (χ1v) is 5.60. The van der Waals surface area contributed by atoms with Gasteiger partial charge in [0, 0.05) is 0 Å². The normalized spacial score (nSPS) is 8.62. The molecule has 1 rings (SSSR count). The second-order valence-electron chi connectivity index (χ2n) is 2.28. The van der Waals surface area contributed by atoms with Crippen molar-refractivity contribution in [3.8, 4) is 5.75 Å². The van der Waals surface area contributed by atoms with Crippen LogP contribution in [0.3, 0.4) is 0 Å². The van der Waals surface area contributed by atoms with Gasteiger partial charge in [-0.3, -0.25) is 0 Å². The average molecular weight is 198 g/mol. The van der Waals surface area contributed by atoms with Gasteiger partial charge in [0.1, 0.15) is 5.75 Å². The Bertz CT molecular complexity index is 223. The highest BCUT2D eigenvalue weighted by molar-refractivity contribution is 7.15. The predicted octanol–water partition coefficient (Wildman–Crippen LogP) is 3.49. The summed E-state index contributed by atoms with van der Waals surface area (Å²) in [6.07, 6.45) is 0.987. The SMILES string of the molecule is CC.CCOc1cccc(CP)c1. The van der Waals surface area contributed by atoms with Crippen molar-refractivity contribution in [3.63, 3.8) is 0 Å². The summed E-state index contributed by atoms with van der Waals surface area (Å²) in [4.78, 5) is 0. The van der Waals surface area contributed by atoms with E-state index >= 15 is 0 Å². The summed E-state index contributed by atoms with van der Waals surface area (Å²) in [6, 6.07) is 8.16. The molecule has 0 aliphatic carbocycles. The zero-order chi connectivity index (χ0) is 10.1. The lowest BCUT2D eigenvalue weighted by atomic mass is 10.2. The molecular formula is C11H19OP. The van der Waals surface area contributed by atoms with Crippen molar-refractivity contribution in [2.75, 3.05) is 6.61 Å². The van der Waals surface area contributed by atoms with E-state index in [1.807, 2.05) is 32.9 Å². The molecule has 0 aromatic heterocycles. The Morgan fingerprint density at radius 2 is 2.00 bits per heavy atom. The molecule has 0 bridgehead atoms. The van der Waals surface area contributed by atoms with Gasteiger partial charge >= 0.3 is 0 Å². The molecule has 0 saturated carbocycles. The summed E-state index contributed by atoms with van der Waals surface area (Å²) >= 11 is 0. The number of rotatable bonds is 3. The van der Waals surface area contributed by atoms with Crippen molar-refractivity contribution in [3.05, 3.63) is 29.8 Å². The van der Waals surface area contributed by atoms with Crippen molar-refractivity contribution in [2.45, 2.75) is 26.9 Å². The monoisotopic (exact) mass is 198 g/mol. The Morgan fingerprint density at radius 1 is 1.31 bits per heavy atom. The van der Waals surface area contributed by atoms with E-state index in [1.165, 1.54) is 5.56 Å². The first-order chi connectivity index (χ1) is 6.36. The summed E-state index contributed by atoms with van der Waals surface area (Å²) in [5, 5.41) is 0. The molecule has 1 atom stereocenters. The maximum absolute atomic E-state index is 5.34. The van der Waals surface area contributed by atoms with Crippen LogP contribution in [0.25, 0.3) is 0 Å². The minimum atomic E-state index is 0.736. The van der Waals surface area contributed by atoms with Crippen LogP contribution in [0, 0.1) is 0 Å². The average Bonchev–Trinajstić information content (AvgIpc) is 2.22.